The van der Waals surface area contributed by atoms with Gasteiger partial charge in [0.15, 0.2) is 0 Å². The Kier molecular flexibility index (Phi) is 5.94. The van der Waals surface area contributed by atoms with Crippen LogP contribution in [-0.4, -0.2) is 29.8 Å². The summed E-state index contributed by atoms with van der Waals surface area (Å²) in [7, 11) is 0. The lowest BCUT2D eigenvalue weighted by Crippen LogP contribution is -2.43. The molecule has 1 unspecified atom stereocenters. The Morgan fingerprint density at radius 2 is 1.88 bits per heavy atom. The van der Waals surface area contributed by atoms with Gasteiger partial charge in [-0.25, -0.2) is 0 Å². The van der Waals surface area contributed by atoms with Gasteiger partial charge in [0, 0.05) is 18.8 Å². The summed E-state index contributed by atoms with van der Waals surface area (Å²) in [4.78, 5) is 27.1. The van der Waals surface area contributed by atoms with Gasteiger partial charge in [-0.2, -0.15) is 0 Å². The number of carbonyl (C=O) groups excluding carboxylic acids is 2. The zero-order chi connectivity index (χ0) is 18.5. The number of nitrogens with one attached hydrogen (secondary N) is 1. The number of nitrogens with zero attached hydrogens (tertiary/aromatic N) is 1. The number of aryl methyl sites for hydroxylation is 1. The summed E-state index contributed by atoms with van der Waals surface area (Å²) in [5.74, 6) is -0.354. The Bertz CT molecular complexity index is 789. The van der Waals surface area contributed by atoms with Crippen LogP contribution in [-0.2, 0) is 11.2 Å². The van der Waals surface area contributed by atoms with Crippen molar-refractivity contribution in [3.63, 3.8) is 0 Å². The van der Waals surface area contributed by atoms with Gasteiger partial charge in [0.25, 0.3) is 5.91 Å². The molecule has 26 heavy (non-hydrogen) atoms. The molecule has 2 aromatic rings. The maximum Gasteiger partial charge on any atom is 0.255 e. The number of rotatable bonds is 4. The Balaban J connectivity index is 1.64. The molecule has 1 aliphatic heterocycles. The molecule has 0 saturated carbocycles. The topological polar surface area (TPSA) is 49.4 Å². The van der Waals surface area contributed by atoms with Crippen LogP contribution in [0.1, 0.15) is 35.7 Å². The molecule has 3 rings (SSSR count). The van der Waals surface area contributed by atoms with Gasteiger partial charge in [0.05, 0.1) is 16.5 Å². The third-order valence-corrected chi connectivity index (χ3v) is 5.14. The van der Waals surface area contributed by atoms with Gasteiger partial charge in [-0.15, -0.1) is 0 Å². The first-order chi connectivity index (χ1) is 12.6. The lowest BCUT2D eigenvalue weighted by atomic mass is 9.96. The van der Waals surface area contributed by atoms with Crippen molar-refractivity contribution in [1.29, 1.82) is 0 Å². The fourth-order valence-electron chi connectivity index (χ4n) is 3.25. The summed E-state index contributed by atoms with van der Waals surface area (Å²) in [6.45, 7) is 3.17. The largest absolute Gasteiger partial charge is 0.338 e. The summed E-state index contributed by atoms with van der Waals surface area (Å²) < 4.78 is 0. The molecule has 0 radical (unpaired) electrons. The predicted octanol–water partition coefficient (Wildman–Crippen LogP) is 4.39. The molecule has 1 fully saturated rings. The number of piperidine rings is 1. The van der Waals surface area contributed by atoms with Crippen LogP contribution in [0, 0.1) is 5.92 Å². The molecular formula is C21H23ClN2O2. The highest BCUT2D eigenvalue weighted by molar-refractivity contribution is 6.33. The lowest BCUT2D eigenvalue weighted by Gasteiger charge is -2.32. The molecule has 1 aliphatic rings. The second-order valence-electron chi connectivity index (χ2n) is 6.61. The first-order valence-electron chi connectivity index (χ1n) is 9.02. The van der Waals surface area contributed by atoms with E-state index in [1.165, 1.54) is 5.56 Å². The van der Waals surface area contributed by atoms with Crippen LogP contribution >= 0.6 is 11.6 Å². The van der Waals surface area contributed by atoms with Gasteiger partial charge in [-0.1, -0.05) is 42.8 Å². The summed E-state index contributed by atoms with van der Waals surface area (Å²) in [5.41, 5.74) is 2.52. The van der Waals surface area contributed by atoms with Gasteiger partial charge in [-0.05, 0) is 49.1 Å². The maximum absolute atomic E-state index is 12.7. The molecule has 5 heteroatoms. The van der Waals surface area contributed by atoms with E-state index < -0.39 is 0 Å². The van der Waals surface area contributed by atoms with E-state index in [1.807, 2.05) is 24.3 Å². The molecule has 1 N–H and O–H groups in total. The number of hydrogen-bond acceptors (Lipinski definition) is 2. The second-order valence-corrected chi connectivity index (χ2v) is 7.02. The van der Waals surface area contributed by atoms with Gasteiger partial charge in [0.1, 0.15) is 0 Å². The van der Waals surface area contributed by atoms with Gasteiger partial charge in [-0.3, -0.25) is 9.59 Å². The van der Waals surface area contributed by atoms with Crippen LogP contribution < -0.4 is 5.32 Å². The van der Waals surface area contributed by atoms with Crippen molar-refractivity contribution in [3.05, 3.63) is 64.7 Å². The SMILES string of the molecule is CCc1ccc(NC(=O)C2CCCN(C(=O)c3ccccc3Cl)C2)cc1. The number of halogens is 1. The molecule has 1 heterocycles. The van der Waals surface area contributed by atoms with Crippen LogP contribution in [0.4, 0.5) is 5.69 Å². The molecule has 0 bridgehead atoms. The molecule has 0 spiro atoms. The molecule has 136 valence electrons. The average molecular weight is 371 g/mol. The van der Waals surface area contributed by atoms with Crippen molar-refractivity contribution in [2.45, 2.75) is 26.2 Å². The van der Waals surface area contributed by atoms with Crippen LogP contribution in [0.3, 0.4) is 0 Å². The van der Waals surface area contributed by atoms with Gasteiger partial charge in [0.2, 0.25) is 5.91 Å². The highest BCUT2D eigenvalue weighted by atomic mass is 35.5. The molecule has 2 aromatic carbocycles. The van der Waals surface area contributed by atoms with E-state index in [4.69, 9.17) is 11.6 Å². The maximum atomic E-state index is 12.7. The van der Waals surface area contributed by atoms with E-state index >= 15 is 0 Å². The second kappa shape index (κ2) is 8.37. The molecular weight excluding hydrogens is 348 g/mol. The molecule has 1 atom stereocenters. The lowest BCUT2D eigenvalue weighted by molar-refractivity contribution is -0.121. The molecule has 4 nitrogen and oxygen atoms in total. The first kappa shape index (κ1) is 18.5. The molecule has 2 amide bonds. The van der Waals surface area contributed by atoms with Crippen molar-refractivity contribution in [2.24, 2.45) is 5.92 Å². The highest BCUT2D eigenvalue weighted by Crippen LogP contribution is 2.23. The van der Waals surface area contributed by atoms with E-state index in [-0.39, 0.29) is 17.7 Å². The zero-order valence-corrected chi connectivity index (χ0v) is 15.6. The normalized spacial score (nSPS) is 17.0. The number of likely N-dealkylation sites (tertiary alicyclic amines) is 1. The predicted molar refractivity (Wildman–Crippen MR) is 105 cm³/mol. The Hall–Kier alpha value is -2.33. The van der Waals surface area contributed by atoms with Crippen LogP contribution in [0.2, 0.25) is 5.02 Å². The first-order valence-corrected chi connectivity index (χ1v) is 9.40. The average Bonchev–Trinajstić information content (AvgIpc) is 2.68. The minimum absolute atomic E-state index is 0.0362. The van der Waals surface area contributed by atoms with Crippen molar-refractivity contribution >= 4 is 29.1 Å². The summed E-state index contributed by atoms with van der Waals surface area (Å²) in [6.07, 6.45) is 2.56. The van der Waals surface area contributed by atoms with Crippen molar-refractivity contribution < 1.29 is 9.59 Å². The minimum Gasteiger partial charge on any atom is -0.338 e. The molecule has 0 aromatic heterocycles. The summed E-state index contributed by atoms with van der Waals surface area (Å²) in [5, 5.41) is 3.42. The van der Waals surface area contributed by atoms with Crippen LogP contribution in [0.5, 0.6) is 0 Å². The van der Waals surface area contributed by atoms with Gasteiger partial charge < -0.3 is 10.2 Å². The van der Waals surface area contributed by atoms with Gasteiger partial charge >= 0.3 is 0 Å². The minimum atomic E-state index is -0.207. The van der Waals surface area contributed by atoms with E-state index in [1.54, 1.807) is 29.2 Å². The highest BCUT2D eigenvalue weighted by Gasteiger charge is 2.29. The van der Waals surface area contributed by atoms with E-state index in [0.29, 0.717) is 23.7 Å². The standard InChI is InChI=1S/C21H23ClN2O2/c1-2-15-9-11-17(12-10-15)23-20(25)16-6-5-13-24(14-16)21(26)18-7-3-4-8-19(18)22/h3-4,7-12,16H,2,5-6,13-14H2,1H3,(H,23,25). The Morgan fingerprint density at radius 3 is 2.58 bits per heavy atom. The van der Waals surface area contributed by atoms with Crippen LogP contribution in [0.15, 0.2) is 48.5 Å². The summed E-state index contributed by atoms with van der Waals surface area (Å²) >= 11 is 6.14. The third kappa shape index (κ3) is 4.25. The summed E-state index contributed by atoms with van der Waals surface area (Å²) in [6, 6.07) is 14.9. The monoisotopic (exact) mass is 370 g/mol. The van der Waals surface area contributed by atoms with Crippen molar-refractivity contribution in [3.8, 4) is 0 Å². The quantitative estimate of drug-likeness (QED) is 0.867. The third-order valence-electron chi connectivity index (χ3n) is 4.81. The Labute approximate surface area is 159 Å². The van der Waals surface area contributed by atoms with Crippen molar-refractivity contribution in [2.75, 3.05) is 18.4 Å². The zero-order valence-electron chi connectivity index (χ0n) is 14.9. The number of hydrogen-bond donors (Lipinski definition) is 1. The molecule has 1 saturated heterocycles. The van der Waals surface area contributed by atoms with Crippen LogP contribution in [0.25, 0.3) is 0 Å². The van der Waals surface area contributed by atoms with E-state index in [0.717, 1.165) is 24.9 Å². The number of anilines is 1. The van der Waals surface area contributed by atoms with E-state index in [2.05, 4.69) is 12.2 Å². The number of benzene rings is 2. The fraction of sp³-hybridized carbons (Fsp3) is 0.333. The van der Waals surface area contributed by atoms with Crippen molar-refractivity contribution in [1.82, 2.24) is 4.90 Å². The van der Waals surface area contributed by atoms with E-state index in [9.17, 15) is 9.59 Å². The fourth-order valence-corrected chi connectivity index (χ4v) is 3.47. The smallest absolute Gasteiger partial charge is 0.255 e. The number of carbonyl (C=O) groups is 2. The Morgan fingerprint density at radius 1 is 1.15 bits per heavy atom. The molecule has 0 aliphatic carbocycles. The number of amides is 2.